The Bertz CT molecular complexity index is 1730. The molecule has 10 nitrogen and oxygen atoms in total. The van der Waals surface area contributed by atoms with Gasteiger partial charge in [-0.05, 0) is 67.8 Å². The normalized spacial score (nSPS) is 15.1. The van der Waals surface area contributed by atoms with Gasteiger partial charge in [-0.1, -0.05) is 53.7 Å². The van der Waals surface area contributed by atoms with Crippen molar-refractivity contribution < 1.29 is 27.5 Å². The molecule has 2 heterocycles. The van der Waals surface area contributed by atoms with Gasteiger partial charge in [-0.2, -0.15) is 4.99 Å². The van der Waals surface area contributed by atoms with Gasteiger partial charge in [0.25, 0.3) is 0 Å². The third-order valence-corrected chi connectivity index (χ3v) is 7.96. The van der Waals surface area contributed by atoms with Crippen molar-refractivity contribution in [2.75, 3.05) is 10.7 Å². The fraction of sp³-hybridized carbons (Fsp3) is 0.207. The van der Waals surface area contributed by atoms with Gasteiger partial charge in [0.15, 0.2) is 11.0 Å². The monoisotopic (exact) mass is 643 g/mol. The van der Waals surface area contributed by atoms with Crippen LogP contribution in [0.15, 0.2) is 72.0 Å². The van der Waals surface area contributed by atoms with Crippen LogP contribution in [0.4, 0.5) is 23.7 Å². The highest BCUT2D eigenvalue weighted by molar-refractivity contribution is 8.15. The summed E-state index contributed by atoms with van der Waals surface area (Å²) in [6.07, 6.45) is -3.31. The number of hydrogen-bond acceptors (Lipinski definition) is 7. The molecule has 15 heteroatoms. The second-order valence-electron chi connectivity index (χ2n) is 9.72. The van der Waals surface area contributed by atoms with Crippen LogP contribution in [0.1, 0.15) is 29.7 Å². The molecule has 5 rings (SSSR count). The Labute approximate surface area is 259 Å². The molecular formula is C29H25ClF3N7O3S. The van der Waals surface area contributed by atoms with E-state index in [2.05, 4.69) is 30.7 Å². The van der Waals surface area contributed by atoms with Crippen LogP contribution < -0.4 is 20.5 Å². The van der Waals surface area contributed by atoms with Crippen LogP contribution in [0, 0.1) is 13.8 Å². The highest BCUT2D eigenvalue weighted by Crippen LogP contribution is 2.36. The van der Waals surface area contributed by atoms with Gasteiger partial charge >= 0.3 is 12.4 Å². The SMILES string of the molecule is Cc1ccc(Cl)c(N2C(=O)CS/C2=N\C(=O)NNC(C)c2ccc(-c3ncn(-c4ccc(OC(F)(F)F)cc4)n3)cc2)c1C. The van der Waals surface area contributed by atoms with E-state index in [4.69, 9.17) is 11.6 Å². The molecule has 0 bridgehead atoms. The average molecular weight is 644 g/mol. The molecule has 0 saturated carbocycles. The third-order valence-electron chi connectivity index (χ3n) is 6.73. The summed E-state index contributed by atoms with van der Waals surface area (Å²) in [7, 11) is 0. The van der Waals surface area contributed by atoms with Gasteiger partial charge in [-0.3, -0.25) is 15.1 Å². The summed E-state index contributed by atoms with van der Waals surface area (Å²) >= 11 is 7.56. The molecule has 1 fully saturated rings. The summed E-state index contributed by atoms with van der Waals surface area (Å²) in [5.41, 5.74) is 9.83. The second kappa shape index (κ2) is 12.7. The van der Waals surface area contributed by atoms with E-state index in [1.165, 1.54) is 40.2 Å². The van der Waals surface area contributed by atoms with E-state index in [-0.39, 0.29) is 28.6 Å². The molecule has 1 aliphatic heterocycles. The molecule has 44 heavy (non-hydrogen) atoms. The minimum absolute atomic E-state index is 0.141. The van der Waals surface area contributed by atoms with Gasteiger partial charge in [0, 0.05) is 11.6 Å². The fourth-order valence-corrected chi connectivity index (χ4v) is 5.46. The Kier molecular flexibility index (Phi) is 8.95. The van der Waals surface area contributed by atoms with Crippen molar-refractivity contribution >= 4 is 46.2 Å². The number of benzene rings is 3. The number of ether oxygens (including phenoxy) is 1. The molecule has 0 spiro atoms. The van der Waals surface area contributed by atoms with Crippen LogP contribution in [0.2, 0.25) is 5.02 Å². The molecule has 1 atom stereocenters. The lowest BCUT2D eigenvalue weighted by Gasteiger charge is -2.21. The van der Waals surface area contributed by atoms with Gasteiger partial charge in [-0.15, -0.1) is 18.3 Å². The second-order valence-corrected chi connectivity index (χ2v) is 11.1. The lowest BCUT2D eigenvalue weighted by molar-refractivity contribution is -0.274. The van der Waals surface area contributed by atoms with Gasteiger partial charge in [-0.25, -0.2) is 19.9 Å². The van der Waals surface area contributed by atoms with Crippen LogP contribution >= 0.6 is 23.4 Å². The number of hydrogen-bond donors (Lipinski definition) is 2. The number of urea groups is 1. The van der Waals surface area contributed by atoms with E-state index < -0.39 is 12.4 Å². The van der Waals surface area contributed by atoms with E-state index in [0.717, 1.165) is 28.5 Å². The summed E-state index contributed by atoms with van der Waals surface area (Å²) in [5.74, 6) is 0.00286. The Morgan fingerprint density at radius 2 is 1.80 bits per heavy atom. The highest BCUT2D eigenvalue weighted by Gasteiger charge is 2.33. The van der Waals surface area contributed by atoms with Crippen molar-refractivity contribution in [3.05, 3.63) is 88.7 Å². The van der Waals surface area contributed by atoms with E-state index >= 15 is 0 Å². The highest BCUT2D eigenvalue weighted by atomic mass is 35.5. The summed E-state index contributed by atoms with van der Waals surface area (Å²) in [4.78, 5) is 35.1. The average Bonchev–Trinajstić information content (AvgIpc) is 3.61. The number of halogens is 4. The molecule has 1 aliphatic rings. The summed E-state index contributed by atoms with van der Waals surface area (Å²) in [6, 6.07) is 15.2. The number of anilines is 1. The number of amidine groups is 1. The van der Waals surface area contributed by atoms with Crippen molar-refractivity contribution in [1.29, 1.82) is 0 Å². The van der Waals surface area contributed by atoms with E-state index in [9.17, 15) is 22.8 Å². The Balaban J connectivity index is 1.20. The number of amides is 3. The molecule has 228 valence electrons. The number of nitrogens with zero attached hydrogens (tertiary/aromatic N) is 5. The maximum atomic E-state index is 12.7. The quantitative estimate of drug-likeness (QED) is 0.221. The minimum Gasteiger partial charge on any atom is -0.406 e. The van der Waals surface area contributed by atoms with Crippen LogP contribution in [-0.2, 0) is 4.79 Å². The maximum absolute atomic E-state index is 12.7. The lowest BCUT2D eigenvalue weighted by Crippen LogP contribution is -2.39. The van der Waals surface area contributed by atoms with Crippen LogP contribution in [0.5, 0.6) is 5.75 Å². The van der Waals surface area contributed by atoms with E-state index in [0.29, 0.717) is 27.8 Å². The topological polar surface area (TPSA) is 114 Å². The number of carbonyl (C=O) groups excluding carboxylic acids is 2. The Morgan fingerprint density at radius 1 is 1.09 bits per heavy atom. The summed E-state index contributed by atoms with van der Waals surface area (Å²) < 4.78 is 42.5. The lowest BCUT2D eigenvalue weighted by atomic mass is 10.1. The first-order chi connectivity index (χ1) is 20.9. The van der Waals surface area contributed by atoms with Crippen molar-refractivity contribution in [2.24, 2.45) is 4.99 Å². The number of hydrazine groups is 1. The molecule has 0 aliphatic carbocycles. The number of aromatic nitrogens is 3. The number of thioether (sulfide) groups is 1. The fourth-order valence-electron chi connectivity index (χ4n) is 4.32. The van der Waals surface area contributed by atoms with Crippen molar-refractivity contribution in [3.8, 4) is 22.8 Å². The zero-order valence-electron chi connectivity index (χ0n) is 23.5. The van der Waals surface area contributed by atoms with Crippen molar-refractivity contribution in [3.63, 3.8) is 0 Å². The van der Waals surface area contributed by atoms with Gasteiger partial charge in [0.1, 0.15) is 12.1 Å². The number of aryl methyl sites for hydroxylation is 1. The zero-order valence-corrected chi connectivity index (χ0v) is 25.1. The first-order valence-electron chi connectivity index (χ1n) is 13.1. The third kappa shape index (κ3) is 7.04. The summed E-state index contributed by atoms with van der Waals surface area (Å²) in [6.45, 7) is 5.62. The Morgan fingerprint density at radius 3 is 2.48 bits per heavy atom. The first-order valence-corrected chi connectivity index (χ1v) is 14.5. The zero-order chi connectivity index (χ0) is 31.6. The molecule has 3 amide bonds. The molecule has 1 aromatic heterocycles. The van der Waals surface area contributed by atoms with Gasteiger partial charge < -0.3 is 4.74 Å². The number of aliphatic imine (C=N–C) groups is 1. The molecule has 0 radical (unpaired) electrons. The number of rotatable bonds is 7. The maximum Gasteiger partial charge on any atom is 0.573 e. The predicted molar refractivity (Wildman–Crippen MR) is 162 cm³/mol. The number of nitrogens with one attached hydrogen (secondary N) is 2. The largest absolute Gasteiger partial charge is 0.573 e. The van der Waals surface area contributed by atoms with E-state index in [1.54, 1.807) is 6.07 Å². The van der Waals surface area contributed by atoms with Crippen molar-refractivity contribution in [1.82, 2.24) is 25.6 Å². The van der Waals surface area contributed by atoms with Crippen molar-refractivity contribution in [2.45, 2.75) is 33.2 Å². The van der Waals surface area contributed by atoms with Crippen LogP contribution in [-0.4, -0.2) is 44.0 Å². The van der Waals surface area contributed by atoms with Gasteiger partial charge in [0.05, 0.1) is 22.2 Å². The van der Waals surface area contributed by atoms with E-state index in [1.807, 2.05) is 51.1 Å². The summed E-state index contributed by atoms with van der Waals surface area (Å²) in [5, 5.41) is 5.03. The molecule has 1 saturated heterocycles. The van der Waals surface area contributed by atoms with Crippen LogP contribution in [0.25, 0.3) is 17.1 Å². The predicted octanol–water partition coefficient (Wildman–Crippen LogP) is 6.51. The number of carbonyl (C=O) groups is 2. The standard InChI is InChI=1S/C29H25ClF3N7O3S/c1-16-4-13-23(30)25(17(16)2)40-24(41)14-44-28(40)35-27(42)37-36-18(3)19-5-7-20(8-6-19)26-34-15-39(38-26)21-9-11-22(12-10-21)43-29(31,32)33/h4-13,15,18,36H,14H2,1-3H3,(H,37,42)/b35-28-. The molecule has 3 aromatic carbocycles. The molecule has 4 aromatic rings. The molecular weight excluding hydrogens is 619 g/mol. The Hall–Kier alpha value is -4.40. The smallest absolute Gasteiger partial charge is 0.406 e. The van der Waals surface area contributed by atoms with Crippen LogP contribution in [0.3, 0.4) is 0 Å². The minimum atomic E-state index is -4.77. The number of alkyl halides is 3. The molecule has 2 N–H and O–H groups in total. The molecule has 1 unspecified atom stereocenters. The first kappa shape index (κ1) is 31.0. The van der Waals surface area contributed by atoms with Gasteiger partial charge in [0.2, 0.25) is 5.91 Å².